The summed E-state index contributed by atoms with van der Waals surface area (Å²) in [5, 5.41) is 19.8. The minimum Gasteiger partial charge on any atom is -0.465 e. The Hall–Kier alpha value is -2.42. The largest absolute Gasteiger partial charge is 0.465 e. The minimum atomic E-state index is -1.69. The van der Waals surface area contributed by atoms with Crippen LogP contribution in [0.15, 0.2) is 18.2 Å². The summed E-state index contributed by atoms with van der Waals surface area (Å²) in [7, 11) is 0. The average Bonchev–Trinajstić information content (AvgIpc) is 2.28. The minimum absolute atomic E-state index is 0.0501. The highest BCUT2D eigenvalue weighted by Gasteiger charge is 2.21. The molecule has 0 unspecified atom stereocenters. The van der Waals surface area contributed by atoms with Crippen LogP contribution < -0.4 is 11.1 Å². The topological polar surface area (TPSA) is 116 Å². The van der Waals surface area contributed by atoms with Gasteiger partial charge in [-0.3, -0.25) is 0 Å². The van der Waals surface area contributed by atoms with E-state index in [0.29, 0.717) is 5.69 Å². The normalized spacial score (nSPS) is 9.74. The fourth-order valence-electron chi connectivity index (χ4n) is 1.30. The average molecular weight is 287 g/mol. The van der Waals surface area contributed by atoms with E-state index in [9.17, 15) is 14.0 Å². The van der Waals surface area contributed by atoms with Crippen molar-refractivity contribution in [2.45, 2.75) is 6.54 Å². The molecule has 0 aromatic heterocycles. The molecule has 1 aromatic carbocycles. The van der Waals surface area contributed by atoms with Crippen molar-refractivity contribution in [3.8, 4) is 0 Å². The van der Waals surface area contributed by atoms with Crippen molar-refractivity contribution in [2.24, 2.45) is 5.73 Å². The van der Waals surface area contributed by atoms with Gasteiger partial charge >= 0.3 is 12.2 Å². The fraction of sp³-hybridized carbons (Fsp3) is 0.100. The van der Waals surface area contributed by atoms with E-state index >= 15 is 0 Å². The molecule has 1 aromatic rings. The highest BCUT2D eigenvalue weighted by molar-refractivity contribution is 7.80. The molecule has 5 N–H and O–H groups in total. The maximum absolute atomic E-state index is 13.5. The van der Waals surface area contributed by atoms with Crippen molar-refractivity contribution < 1.29 is 24.2 Å². The number of nitrogens with two attached hydrogens (primary N) is 1. The SMILES string of the molecule is NC(=S)Nc1ccc(F)c(CN(C(=O)O)C(=O)O)c1. The van der Waals surface area contributed by atoms with Crippen LogP contribution in [0.1, 0.15) is 5.56 Å². The smallest absolute Gasteiger partial charge is 0.417 e. The summed E-state index contributed by atoms with van der Waals surface area (Å²) in [4.78, 5) is 21.4. The number of rotatable bonds is 3. The second kappa shape index (κ2) is 5.96. The molecule has 0 heterocycles. The van der Waals surface area contributed by atoms with Crippen molar-refractivity contribution in [1.29, 1.82) is 0 Å². The van der Waals surface area contributed by atoms with Crippen LogP contribution in [0.25, 0.3) is 0 Å². The molecule has 7 nitrogen and oxygen atoms in total. The van der Waals surface area contributed by atoms with Gasteiger partial charge in [0.05, 0.1) is 6.54 Å². The first kappa shape index (κ1) is 14.6. The van der Waals surface area contributed by atoms with Gasteiger partial charge in [-0.25, -0.2) is 18.9 Å². The standard InChI is InChI=1S/C10H10FN3O4S/c11-7-2-1-6(13-8(12)19)3-5(7)4-14(9(15)16)10(17)18/h1-3H,4H2,(H,15,16)(H,17,18)(H3,12,13,19). The molecule has 0 atom stereocenters. The number of nitrogens with zero attached hydrogens (tertiary/aromatic N) is 1. The lowest BCUT2D eigenvalue weighted by atomic mass is 10.1. The predicted octanol–water partition coefficient (Wildman–Crippen LogP) is 1.64. The molecule has 9 heteroatoms. The number of thiocarbonyl (C=S) groups is 1. The second-order valence-corrected chi connectivity index (χ2v) is 3.89. The van der Waals surface area contributed by atoms with E-state index in [2.05, 4.69) is 17.5 Å². The number of imide groups is 1. The molecular weight excluding hydrogens is 277 g/mol. The monoisotopic (exact) mass is 287 g/mol. The zero-order valence-corrected chi connectivity index (χ0v) is 10.3. The van der Waals surface area contributed by atoms with Crippen LogP contribution in [-0.2, 0) is 6.54 Å². The van der Waals surface area contributed by atoms with Crippen molar-refractivity contribution in [3.05, 3.63) is 29.6 Å². The Balaban J connectivity index is 3.01. The van der Waals surface area contributed by atoms with E-state index in [1.165, 1.54) is 12.1 Å². The zero-order chi connectivity index (χ0) is 14.6. The molecule has 0 aliphatic heterocycles. The first-order valence-electron chi connectivity index (χ1n) is 4.89. The summed E-state index contributed by atoms with van der Waals surface area (Å²) < 4.78 is 13.5. The van der Waals surface area contributed by atoms with E-state index in [1.54, 1.807) is 0 Å². The van der Waals surface area contributed by atoms with Gasteiger partial charge in [0.2, 0.25) is 0 Å². The number of hydrogen-bond donors (Lipinski definition) is 4. The van der Waals surface area contributed by atoms with Crippen LogP contribution >= 0.6 is 12.2 Å². The van der Waals surface area contributed by atoms with Gasteiger partial charge < -0.3 is 21.3 Å². The summed E-state index contributed by atoms with van der Waals surface area (Å²) in [6.45, 7) is -0.636. The van der Waals surface area contributed by atoms with E-state index in [1.807, 2.05) is 0 Å². The molecule has 0 saturated carbocycles. The quantitative estimate of drug-likeness (QED) is 0.624. The number of carbonyl (C=O) groups is 2. The number of halogens is 1. The molecule has 0 bridgehead atoms. The van der Waals surface area contributed by atoms with Gasteiger partial charge in [-0.1, -0.05) is 0 Å². The van der Waals surface area contributed by atoms with Crippen LogP contribution in [0.5, 0.6) is 0 Å². The van der Waals surface area contributed by atoms with Crippen molar-refractivity contribution in [2.75, 3.05) is 5.32 Å². The van der Waals surface area contributed by atoms with Gasteiger partial charge in [0.25, 0.3) is 0 Å². The molecule has 0 saturated heterocycles. The molecule has 102 valence electrons. The van der Waals surface area contributed by atoms with Crippen molar-refractivity contribution in [1.82, 2.24) is 4.90 Å². The third-order valence-corrected chi connectivity index (χ3v) is 2.21. The number of amides is 2. The van der Waals surface area contributed by atoms with E-state index in [4.69, 9.17) is 15.9 Å². The van der Waals surface area contributed by atoms with Crippen LogP contribution in [-0.4, -0.2) is 32.4 Å². The van der Waals surface area contributed by atoms with Crippen LogP contribution in [0.4, 0.5) is 19.7 Å². The molecule has 0 aliphatic carbocycles. The van der Waals surface area contributed by atoms with E-state index < -0.39 is 24.5 Å². The van der Waals surface area contributed by atoms with E-state index in [0.717, 1.165) is 6.07 Å². The second-order valence-electron chi connectivity index (χ2n) is 3.45. The Bertz CT molecular complexity index is 524. The molecule has 19 heavy (non-hydrogen) atoms. The highest BCUT2D eigenvalue weighted by Crippen LogP contribution is 2.17. The number of anilines is 1. The van der Waals surface area contributed by atoms with Crippen LogP contribution in [0.2, 0.25) is 0 Å². The number of carboxylic acid groups (broad SMARTS) is 2. The lowest BCUT2D eigenvalue weighted by Gasteiger charge is -2.14. The van der Waals surface area contributed by atoms with E-state index in [-0.39, 0.29) is 15.6 Å². The summed E-state index contributed by atoms with van der Waals surface area (Å²) in [6.07, 6.45) is -3.39. The number of hydrogen-bond acceptors (Lipinski definition) is 3. The fourth-order valence-corrected chi connectivity index (χ4v) is 1.42. The highest BCUT2D eigenvalue weighted by atomic mass is 32.1. The predicted molar refractivity (Wildman–Crippen MR) is 68.4 cm³/mol. The molecule has 1 rings (SSSR count). The molecule has 0 fully saturated rings. The molecular formula is C10H10FN3O4S. The maximum Gasteiger partial charge on any atom is 0.417 e. The first-order chi connectivity index (χ1) is 8.81. The molecule has 0 aliphatic rings. The molecule has 0 radical (unpaired) electrons. The third-order valence-electron chi connectivity index (χ3n) is 2.10. The molecule has 2 amide bonds. The Morgan fingerprint density at radius 2 is 1.95 bits per heavy atom. The summed E-state index contributed by atoms with van der Waals surface area (Å²) >= 11 is 4.60. The Morgan fingerprint density at radius 1 is 1.37 bits per heavy atom. The van der Waals surface area contributed by atoms with Crippen LogP contribution in [0.3, 0.4) is 0 Å². The zero-order valence-electron chi connectivity index (χ0n) is 9.46. The van der Waals surface area contributed by atoms with Crippen LogP contribution in [0, 0.1) is 5.82 Å². The van der Waals surface area contributed by atoms with Gasteiger partial charge in [-0.05, 0) is 30.4 Å². The summed E-state index contributed by atoms with van der Waals surface area (Å²) in [5.74, 6) is -0.735. The maximum atomic E-state index is 13.5. The van der Waals surface area contributed by atoms with Gasteiger partial charge in [-0.15, -0.1) is 0 Å². The van der Waals surface area contributed by atoms with Gasteiger partial charge in [0.15, 0.2) is 5.11 Å². The Kier molecular flexibility index (Phi) is 4.59. The number of benzene rings is 1. The van der Waals surface area contributed by atoms with Crippen molar-refractivity contribution >= 4 is 35.2 Å². The third kappa shape index (κ3) is 4.07. The Labute approximate surface area is 112 Å². The lowest BCUT2D eigenvalue weighted by molar-refractivity contribution is 0.120. The summed E-state index contributed by atoms with van der Waals surface area (Å²) in [5.41, 5.74) is 5.45. The summed E-state index contributed by atoms with van der Waals surface area (Å²) in [6, 6.07) is 3.62. The van der Waals surface area contributed by atoms with Gasteiger partial charge in [0.1, 0.15) is 5.82 Å². The first-order valence-corrected chi connectivity index (χ1v) is 5.30. The number of nitrogens with one attached hydrogen (secondary N) is 1. The molecule has 0 spiro atoms. The van der Waals surface area contributed by atoms with Gasteiger partial charge in [-0.2, -0.15) is 0 Å². The van der Waals surface area contributed by atoms with Gasteiger partial charge in [0, 0.05) is 11.3 Å². The van der Waals surface area contributed by atoms with Crippen molar-refractivity contribution in [3.63, 3.8) is 0 Å². The lowest BCUT2D eigenvalue weighted by Crippen LogP contribution is -2.34. The Morgan fingerprint density at radius 3 is 2.42 bits per heavy atom.